The third-order valence-electron chi connectivity index (χ3n) is 3.67. The molecule has 0 radical (unpaired) electrons. The summed E-state index contributed by atoms with van der Waals surface area (Å²) < 4.78 is 5.14. The number of carbonyl (C=O) groups is 3. The number of rotatable bonds is 5. The number of thioether (sulfide) groups is 1. The van der Waals surface area contributed by atoms with Crippen molar-refractivity contribution in [2.24, 2.45) is 5.92 Å². The van der Waals surface area contributed by atoms with Gasteiger partial charge in [-0.05, 0) is 45.0 Å². The van der Waals surface area contributed by atoms with Crippen molar-refractivity contribution < 1.29 is 19.1 Å². The van der Waals surface area contributed by atoms with Gasteiger partial charge in [0.25, 0.3) is 0 Å². The van der Waals surface area contributed by atoms with E-state index in [0.717, 1.165) is 0 Å². The highest BCUT2D eigenvalue weighted by molar-refractivity contribution is 8.14. The van der Waals surface area contributed by atoms with Gasteiger partial charge < -0.3 is 15.0 Å². The van der Waals surface area contributed by atoms with Gasteiger partial charge in [-0.3, -0.25) is 14.4 Å². The van der Waals surface area contributed by atoms with Gasteiger partial charge >= 0.3 is 0 Å². The molecule has 1 aromatic carbocycles. The van der Waals surface area contributed by atoms with Gasteiger partial charge in [0.1, 0.15) is 12.3 Å². The Morgan fingerprint density at radius 1 is 1.28 bits per heavy atom. The molecule has 1 N–H and O–H groups in total. The van der Waals surface area contributed by atoms with E-state index in [1.54, 1.807) is 31.4 Å². The molecule has 2 amide bonds. The van der Waals surface area contributed by atoms with Crippen LogP contribution in [0.5, 0.6) is 5.75 Å². The molecule has 0 unspecified atom stereocenters. The van der Waals surface area contributed by atoms with E-state index in [9.17, 15) is 14.4 Å². The van der Waals surface area contributed by atoms with Crippen LogP contribution < -0.4 is 15.0 Å². The summed E-state index contributed by atoms with van der Waals surface area (Å²) in [4.78, 5) is 38.2. The van der Waals surface area contributed by atoms with Gasteiger partial charge in [0.05, 0.1) is 13.0 Å². The van der Waals surface area contributed by atoms with Crippen molar-refractivity contribution in [2.75, 3.05) is 24.3 Å². The lowest BCUT2D eigenvalue weighted by Gasteiger charge is -2.27. The Balaban J connectivity index is 2.22. The molecule has 0 aliphatic carbocycles. The minimum atomic E-state index is -0.387. The summed E-state index contributed by atoms with van der Waals surface area (Å²) in [5.74, 6) is 0.302. The summed E-state index contributed by atoms with van der Waals surface area (Å²) in [6, 6.07) is 6.97. The average molecular weight is 364 g/mol. The average Bonchev–Trinajstić information content (AvgIpc) is 2.97. The Labute approximate surface area is 152 Å². The number of benzene rings is 1. The van der Waals surface area contributed by atoms with Gasteiger partial charge in [-0.25, -0.2) is 0 Å². The van der Waals surface area contributed by atoms with Gasteiger partial charge in [-0.1, -0.05) is 11.8 Å². The largest absolute Gasteiger partial charge is 0.497 e. The first-order valence-electron chi connectivity index (χ1n) is 8.11. The van der Waals surface area contributed by atoms with E-state index in [4.69, 9.17) is 4.74 Å². The van der Waals surface area contributed by atoms with Crippen molar-refractivity contribution in [2.45, 2.75) is 32.7 Å². The molecule has 25 heavy (non-hydrogen) atoms. The molecule has 1 fully saturated rings. The molecule has 1 atom stereocenters. The van der Waals surface area contributed by atoms with Crippen LogP contribution in [0.4, 0.5) is 5.69 Å². The van der Waals surface area contributed by atoms with Gasteiger partial charge in [0, 0.05) is 23.4 Å². The predicted octanol–water partition coefficient (Wildman–Crippen LogP) is 2.22. The second-order valence-corrected chi connectivity index (χ2v) is 8.08. The van der Waals surface area contributed by atoms with Crippen molar-refractivity contribution in [1.82, 2.24) is 5.32 Å². The smallest absolute Gasteiger partial charge is 0.240 e. The summed E-state index contributed by atoms with van der Waals surface area (Å²) in [5, 5.41) is 2.89. The topological polar surface area (TPSA) is 75.7 Å². The lowest BCUT2D eigenvalue weighted by atomic mass is 10.1. The highest BCUT2D eigenvalue weighted by Crippen LogP contribution is 2.29. The van der Waals surface area contributed by atoms with Gasteiger partial charge in [0.2, 0.25) is 11.8 Å². The van der Waals surface area contributed by atoms with Crippen molar-refractivity contribution in [3.63, 3.8) is 0 Å². The predicted molar refractivity (Wildman–Crippen MR) is 98.8 cm³/mol. The summed E-state index contributed by atoms with van der Waals surface area (Å²) in [7, 11) is 1.57. The minimum absolute atomic E-state index is 0.0205. The Kier molecular flexibility index (Phi) is 6.11. The maximum atomic E-state index is 12.9. The molecule has 0 aromatic heterocycles. The fourth-order valence-electron chi connectivity index (χ4n) is 2.55. The zero-order chi connectivity index (χ0) is 18.6. The molecular formula is C18H24N2O4S. The standard InChI is InChI=1S/C18H24N2O4S/c1-18(2,3)19-15(21)10-20(13-5-7-14(24-4)8-6-13)17(23)12-9-16(22)25-11-12/h5-8,12H,9-11H2,1-4H3,(H,19,21)/t12-/m0/s1. The first-order chi connectivity index (χ1) is 11.7. The summed E-state index contributed by atoms with van der Waals surface area (Å²) >= 11 is 1.17. The van der Waals surface area contributed by atoms with Crippen LogP contribution in [-0.4, -0.2) is 41.9 Å². The number of hydrogen-bond donors (Lipinski definition) is 1. The number of methoxy groups -OCH3 is 1. The van der Waals surface area contributed by atoms with Crippen molar-refractivity contribution in [1.29, 1.82) is 0 Å². The summed E-state index contributed by atoms with van der Waals surface area (Å²) in [5.41, 5.74) is 0.226. The van der Waals surface area contributed by atoms with E-state index in [1.807, 2.05) is 20.8 Å². The van der Waals surface area contributed by atoms with E-state index >= 15 is 0 Å². The fourth-order valence-corrected chi connectivity index (χ4v) is 3.52. The second kappa shape index (κ2) is 7.91. The quantitative estimate of drug-likeness (QED) is 0.867. The Hall–Kier alpha value is -2.02. The molecule has 7 heteroatoms. The zero-order valence-electron chi connectivity index (χ0n) is 15.0. The molecule has 6 nitrogen and oxygen atoms in total. The Morgan fingerprint density at radius 3 is 2.40 bits per heavy atom. The fraction of sp³-hybridized carbons (Fsp3) is 0.500. The highest BCUT2D eigenvalue weighted by Gasteiger charge is 2.34. The Bertz CT molecular complexity index is 652. The number of nitrogens with one attached hydrogen (secondary N) is 1. The normalized spacial score (nSPS) is 17.3. The van der Waals surface area contributed by atoms with E-state index in [2.05, 4.69) is 5.32 Å². The van der Waals surface area contributed by atoms with E-state index in [0.29, 0.717) is 17.2 Å². The summed E-state index contributed by atoms with van der Waals surface area (Å²) in [6.45, 7) is 5.57. The first-order valence-corrected chi connectivity index (χ1v) is 9.10. The zero-order valence-corrected chi connectivity index (χ0v) is 15.8. The molecular weight excluding hydrogens is 340 g/mol. The first kappa shape index (κ1) is 19.3. The molecule has 1 aliphatic heterocycles. The molecule has 2 rings (SSSR count). The molecule has 1 aliphatic rings. The van der Waals surface area contributed by atoms with Crippen LogP contribution in [0, 0.1) is 5.92 Å². The van der Waals surface area contributed by atoms with Crippen molar-refractivity contribution >= 4 is 34.4 Å². The maximum absolute atomic E-state index is 12.9. The number of carbonyl (C=O) groups excluding carboxylic acids is 3. The van der Waals surface area contributed by atoms with Crippen LogP contribution >= 0.6 is 11.8 Å². The van der Waals surface area contributed by atoms with Crippen LogP contribution in [-0.2, 0) is 14.4 Å². The summed E-state index contributed by atoms with van der Waals surface area (Å²) in [6.07, 6.45) is 0.219. The maximum Gasteiger partial charge on any atom is 0.240 e. The molecule has 0 spiro atoms. The number of hydrogen-bond acceptors (Lipinski definition) is 5. The van der Waals surface area contributed by atoms with Crippen molar-refractivity contribution in [3.8, 4) is 5.75 Å². The third kappa shape index (κ3) is 5.49. The molecule has 0 bridgehead atoms. The monoisotopic (exact) mass is 364 g/mol. The number of anilines is 1. The van der Waals surface area contributed by atoms with Crippen LogP contribution in [0.2, 0.25) is 0 Å². The molecule has 1 aromatic rings. The number of ether oxygens (including phenoxy) is 1. The molecule has 1 saturated heterocycles. The molecule has 1 heterocycles. The highest BCUT2D eigenvalue weighted by atomic mass is 32.2. The van der Waals surface area contributed by atoms with Gasteiger partial charge in [-0.2, -0.15) is 0 Å². The van der Waals surface area contributed by atoms with E-state index in [-0.39, 0.29) is 41.4 Å². The van der Waals surface area contributed by atoms with Crippen LogP contribution in [0.15, 0.2) is 24.3 Å². The third-order valence-corrected chi connectivity index (χ3v) is 4.73. The molecule has 0 saturated carbocycles. The number of nitrogens with zero attached hydrogens (tertiary/aromatic N) is 1. The van der Waals surface area contributed by atoms with Crippen LogP contribution in [0.25, 0.3) is 0 Å². The van der Waals surface area contributed by atoms with E-state index < -0.39 is 0 Å². The van der Waals surface area contributed by atoms with E-state index in [1.165, 1.54) is 16.7 Å². The molecule has 136 valence electrons. The van der Waals surface area contributed by atoms with Gasteiger partial charge in [-0.15, -0.1) is 0 Å². The van der Waals surface area contributed by atoms with Gasteiger partial charge in [0.15, 0.2) is 5.12 Å². The minimum Gasteiger partial charge on any atom is -0.497 e. The lowest BCUT2D eigenvalue weighted by molar-refractivity contribution is -0.126. The SMILES string of the molecule is COc1ccc(N(CC(=O)NC(C)(C)C)C(=O)[C@@H]2CSC(=O)C2)cc1. The lowest BCUT2D eigenvalue weighted by Crippen LogP contribution is -2.48. The second-order valence-electron chi connectivity index (χ2n) is 7.00. The Morgan fingerprint density at radius 2 is 1.92 bits per heavy atom. The van der Waals surface area contributed by atoms with Crippen LogP contribution in [0.3, 0.4) is 0 Å². The van der Waals surface area contributed by atoms with Crippen LogP contribution in [0.1, 0.15) is 27.2 Å². The van der Waals surface area contributed by atoms with Crippen molar-refractivity contribution in [3.05, 3.63) is 24.3 Å². The number of amides is 2.